The van der Waals surface area contributed by atoms with E-state index >= 15 is 0 Å². The maximum atomic E-state index is 13.6. The summed E-state index contributed by atoms with van der Waals surface area (Å²) in [4.78, 5) is 118. The molecule has 6 heterocycles. The number of Topliss-reactive ketones (excluding diaryl/α,β-unsaturated/α-hetero) is 2. The first kappa shape index (κ1) is 84.5. The Morgan fingerprint density at radius 2 is 0.864 bits per heavy atom. The third kappa shape index (κ3) is 13.5. The number of aromatic hydroxyl groups is 3. The second-order valence-corrected chi connectivity index (χ2v) is 33.4. The van der Waals surface area contributed by atoms with Gasteiger partial charge >= 0.3 is 35.8 Å². The maximum absolute atomic E-state index is 13.6. The second kappa shape index (κ2) is 31.7. The van der Waals surface area contributed by atoms with Crippen molar-refractivity contribution in [3.05, 3.63) is 141 Å². The average molecular weight is 1640 g/mol. The number of nitrogens with zero attached hydrogens (tertiary/aromatic N) is 3. The SMILES string of the molecule is CC(=O)[C@H](C)OC(=O)[C@H](O)[C@@H](O)C(=O)OC1=CC[C@@]2(O)[C@H]3Cc4ccc(O)c5c4[C@@]2(CCN3C)[C@H]1O5.CC(=O)[C@H](O)[C@@H](O)C(=O)O[C@H](C(=O)OC1=CC[C@@]2(O)[C@H]3Cc4ccc(O)c5c4[C@@]2(CCN3C)[C@H]1O5)c1ccccc1.C[C@H](NC(=O)[C@@H](C)CCCCN)C(=O)O[C@@H](C)C(=O)OC1=CC[C@@]2(O)[C@H]3Cc4ccc(O)c5c4[C@@]2(CCN3C)[C@H]1O5. The first-order chi connectivity index (χ1) is 55.8. The molecule has 118 heavy (non-hydrogen) atoms. The van der Waals surface area contributed by atoms with Gasteiger partial charge in [-0.3, -0.25) is 14.4 Å². The normalized spacial score (nSPS) is 30.5. The fourth-order valence-electron chi connectivity index (χ4n) is 20.3. The molecule has 3 fully saturated rings. The minimum absolute atomic E-state index is 0.00755. The number of ketones is 2. The summed E-state index contributed by atoms with van der Waals surface area (Å²) in [5.41, 5.74) is 4.23. The summed E-state index contributed by atoms with van der Waals surface area (Å²) in [6, 6.07) is 16.6. The van der Waals surface area contributed by atoms with E-state index < -0.39 is 148 Å². The number of unbranched alkanes of at least 4 members (excludes halogenated alkanes) is 1. The smallest absolute Gasteiger partial charge is 0.357 e. The van der Waals surface area contributed by atoms with Crippen molar-refractivity contribution in [1.82, 2.24) is 20.0 Å². The van der Waals surface area contributed by atoms with Crippen molar-refractivity contribution in [2.24, 2.45) is 11.7 Å². The Balaban J connectivity index is 0.000000146. The van der Waals surface area contributed by atoms with Crippen molar-refractivity contribution in [2.75, 3.05) is 47.3 Å². The third-order valence-electron chi connectivity index (χ3n) is 26.7. The molecule has 0 radical (unpaired) electrons. The van der Waals surface area contributed by atoms with Crippen molar-refractivity contribution < 1.29 is 137 Å². The van der Waals surface area contributed by atoms with Crippen LogP contribution in [0.15, 0.2) is 102 Å². The van der Waals surface area contributed by atoms with Crippen molar-refractivity contribution in [3.8, 4) is 34.5 Å². The Labute approximate surface area is 678 Å². The van der Waals surface area contributed by atoms with Crippen LogP contribution in [-0.4, -0.2) is 262 Å². The van der Waals surface area contributed by atoms with E-state index in [4.69, 9.17) is 48.4 Å². The molecule has 12 aliphatic rings. The molecule has 4 aromatic carbocycles. The summed E-state index contributed by atoms with van der Waals surface area (Å²) in [7, 11) is 5.89. The van der Waals surface area contributed by atoms with E-state index in [0.29, 0.717) is 82.4 Å². The largest absolute Gasteiger partial charge is 0.504 e. The van der Waals surface area contributed by atoms with Crippen LogP contribution in [-0.2, 0) is 107 Å². The molecule has 0 unspecified atom stereocenters. The number of phenolic OH excluding ortho intramolecular Hbond substituents is 3. The molecular formula is C85H101N5O28. The van der Waals surface area contributed by atoms with E-state index in [-0.39, 0.29) is 101 Å². The van der Waals surface area contributed by atoms with Gasteiger partial charge < -0.3 is 119 Å². The highest BCUT2D eigenvalue weighted by Crippen LogP contribution is 2.69. The predicted molar refractivity (Wildman–Crippen MR) is 409 cm³/mol. The molecule has 3 saturated heterocycles. The predicted octanol–water partition coefficient (Wildman–Crippen LogP) is 1.68. The molecule has 1 amide bonds. The van der Waals surface area contributed by atoms with Gasteiger partial charge in [0.05, 0.1) is 33.0 Å². The topological polar surface area (TPSA) is 487 Å². The Morgan fingerprint density at radius 1 is 0.483 bits per heavy atom. The van der Waals surface area contributed by atoms with Crippen molar-refractivity contribution in [1.29, 1.82) is 0 Å². The molecule has 0 saturated carbocycles. The summed E-state index contributed by atoms with van der Waals surface area (Å²) in [5, 5.41) is 111. The molecule has 21 atom stereocenters. The standard InChI is InChI=1S/C30H41N3O8.C30H31NO10.C25H29NO10/c1-16(7-5-6-13-31)26(35)32-17(2)27(36)39-18(3)28(37)40-21-10-11-30(38)22-15-19-8-9-20(34)24-23(19)29(30,25(21)41-24)12-14-33(22)4;1-15(32)22(34)23(35)27(36)41-24(16-6-4-3-5-7-16)28(37)39-19-10-11-30(38)20-14-17-8-9-18(33)25-21(17)29(30,26(19)40-25)12-13-31(20)2;1-11(27)12(2)34-22(31)18(29)19(30)23(32)35-15-6-7-25(33)16-10-13-4-5-14(28)20-17(13)24(25,21(15)36-20)8-9-26(16)3/h8-10,16-18,22,25,34,38H,5-7,11-15,31H2,1-4H3,(H,32,35);3-10,20,22-24,26,33-35,38H,11-14H2,1-2H3;4-6,12,16,18-19,21,28-30,33H,7-10H2,1-3H3/t16-,17-,18-,22+,25-,29-,30+;20-,22+,23-,24+,26+,29+,30-;12-,16+,18+,19+,21-,24-,25+/m010/s1. The first-order valence-corrected chi connectivity index (χ1v) is 39.8. The maximum Gasteiger partial charge on any atom is 0.357 e. The van der Waals surface area contributed by atoms with Crippen LogP contribution in [0.1, 0.15) is 144 Å². The number of piperidine rings is 3. The Bertz CT molecular complexity index is 4840. The fourth-order valence-corrected chi connectivity index (χ4v) is 20.3. The molecule has 13 N–H and O–H groups in total. The molecule has 634 valence electrons. The highest BCUT2D eigenvalue weighted by Gasteiger charge is 2.75. The number of carbonyl (C=O) groups excluding carboxylic acids is 9. The van der Waals surface area contributed by atoms with Gasteiger partial charge in [-0.15, -0.1) is 0 Å². The minimum Gasteiger partial charge on any atom is -0.504 e. The van der Waals surface area contributed by atoms with Crippen LogP contribution >= 0.6 is 0 Å². The lowest BCUT2D eigenvalue weighted by Gasteiger charge is -2.61. The minimum atomic E-state index is -2.29. The number of phenols is 3. The van der Waals surface area contributed by atoms with Crippen molar-refractivity contribution >= 4 is 53.3 Å². The van der Waals surface area contributed by atoms with Crippen LogP contribution in [0.5, 0.6) is 34.5 Å². The van der Waals surface area contributed by atoms with E-state index in [1.165, 1.54) is 52.0 Å². The quantitative estimate of drug-likeness (QED) is 0.0285. The van der Waals surface area contributed by atoms with Gasteiger partial charge in [0, 0.05) is 65.6 Å². The Hall–Kier alpha value is -9.91. The van der Waals surface area contributed by atoms with Gasteiger partial charge in [-0.1, -0.05) is 61.9 Å². The second-order valence-electron chi connectivity index (χ2n) is 33.4. The lowest BCUT2D eigenvalue weighted by atomic mass is 9.50. The molecule has 6 aliphatic heterocycles. The van der Waals surface area contributed by atoms with Crippen LogP contribution < -0.4 is 25.3 Å². The average Bonchev–Trinajstić information content (AvgIpc) is 1.45. The molecule has 6 bridgehead atoms. The van der Waals surface area contributed by atoms with Gasteiger partial charge in [-0.05, 0) is 186 Å². The zero-order valence-electron chi connectivity index (χ0n) is 66.8. The van der Waals surface area contributed by atoms with E-state index in [1.807, 2.05) is 39.3 Å². The number of nitrogens with two attached hydrogens (primary N) is 1. The van der Waals surface area contributed by atoms with Gasteiger partial charge in [0.1, 0.15) is 29.4 Å². The number of likely N-dealkylation sites (tertiary alicyclic amines) is 3. The number of hydrogen-bond donors (Lipinski definition) is 12. The first-order valence-electron chi connectivity index (χ1n) is 39.8. The summed E-state index contributed by atoms with van der Waals surface area (Å²) in [6.07, 6.45) is -4.82. The molecule has 33 heteroatoms. The van der Waals surface area contributed by atoms with E-state index in [1.54, 1.807) is 49.4 Å². The van der Waals surface area contributed by atoms with Gasteiger partial charge in [-0.25, -0.2) is 28.8 Å². The number of benzene rings is 4. The molecule has 6 aliphatic carbocycles. The molecule has 3 spiro atoms. The van der Waals surface area contributed by atoms with Crippen LogP contribution in [0.25, 0.3) is 0 Å². The summed E-state index contributed by atoms with van der Waals surface area (Å²) < 4.78 is 51.2. The van der Waals surface area contributed by atoms with Gasteiger partial charge in [0.15, 0.2) is 94.9 Å². The zero-order valence-corrected chi connectivity index (χ0v) is 66.8. The number of likely N-dealkylation sites (N-methyl/N-ethyl adjacent to an activating group) is 3. The lowest BCUT2D eigenvalue weighted by molar-refractivity contribution is -0.181. The number of ether oxygens (including phenoxy) is 9. The number of carbonyl (C=O) groups is 9. The Morgan fingerprint density at radius 3 is 1.27 bits per heavy atom. The summed E-state index contributed by atoms with van der Waals surface area (Å²) in [5.74, 6) is -7.57. The lowest BCUT2D eigenvalue weighted by Crippen LogP contribution is -2.74. The molecule has 16 rings (SSSR count). The molecule has 4 aromatic rings. The van der Waals surface area contributed by atoms with E-state index in [2.05, 4.69) is 20.0 Å². The summed E-state index contributed by atoms with van der Waals surface area (Å²) >= 11 is 0. The Kier molecular flexibility index (Phi) is 22.7. The number of aliphatic hydroxyl groups is 7. The van der Waals surface area contributed by atoms with Crippen molar-refractivity contribution in [3.63, 3.8) is 0 Å². The van der Waals surface area contributed by atoms with Gasteiger partial charge in [0.25, 0.3) is 0 Å². The number of esters is 6. The van der Waals surface area contributed by atoms with Gasteiger partial charge in [0.2, 0.25) is 12.0 Å². The monoisotopic (exact) mass is 1640 g/mol. The molecule has 0 aromatic heterocycles. The number of aliphatic hydroxyl groups excluding tert-OH is 4. The van der Waals surface area contributed by atoms with E-state index in [9.17, 15) is 94.2 Å². The van der Waals surface area contributed by atoms with Crippen molar-refractivity contribution in [2.45, 2.75) is 237 Å². The molecule has 33 nitrogen and oxygen atoms in total. The molecular weight excluding hydrogens is 1540 g/mol. The van der Waals surface area contributed by atoms with E-state index in [0.717, 1.165) is 47.6 Å². The fraction of sp³-hybridized carbons (Fsp3) is 0.541. The highest BCUT2D eigenvalue weighted by atomic mass is 16.6. The number of rotatable bonds is 23. The number of nitrogens with one attached hydrogen (secondary N) is 1. The van der Waals surface area contributed by atoms with Crippen LogP contribution in [0, 0.1) is 5.92 Å². The van der Waals surface area contributed by atoms with Gasteiger partial charge in [-0.2, -0.15) is 0 Å². The van der Waals surface area contributed by atoms with Crippen LogP contribution in [0.3, 0.4) is 0 Å². The summed E-state index contributed by atoms with van der Waals surface area (Å²) in [6.45, 7) is 10.7. The van der Waals surface area contributed by atoms with Crippen LogP contribution in [0.2, 0.25) is 0 Å². The van der Waals surface area contributed by atoms with Crippen LogP contribution in [0.4, 0.5) is 0 Å². The zero-order chi connectivity index (χ0) is 85.1. The third-order valence-corrected chi connectivity index (χ3v) is 26.7. The highest BCUT2D eigenvalue weighted by molar-refractivity contribution is 5.91. The number of hydrogen-bond acceptors (Lipinski definition) is 32. The number of amides is 1.